The van der Waals surface area contributed by atoms with Gasteiger partial charge in [0, 0.05) is 5.56 Å². The fraction of sp³-hybridized carbons (Fsp3) is 0.250. The lowest BCUT2D eigenvalue weighted by atomic mass is 10.1. The number of para-hydroxylation sites is 2. The topological polar surface area (TPSA) is 97.0 Å². The summed E-state index contributed by atoms with van der Waals surface area (Å²) in [6, 6.07) is 13.8. The van der Waals surface area contributed by atoms with Crippen LogP contribution in [0.1, 0.15) is 15.9 Å². The predicted molar refractivity (Wildman–Crippen MR) is 99.1 cm³/mol. The SMILES string of the molecule is O=C(NC[C@H]1COc2ccccc2O1)c1cccc(CN2C(=O)CNC2=O)c1. The van der Waals surface area contributed by atoms with Crippen LogP contribution >= 0.6 is 0 Å². The van der Waals surface area contributed by atoms with Crippen molar-refractivity contribution in [2.45, 2.75) is 12.6 Å². The average Bonchev–Trinajstić information content (AvgIpc) is 3.04. The molecule has 144 valence electrons. The number of carbonyl (C=O) groups is 3. The second-order valence-electron chi connectivity index (χ2n) is 6.55. The lowest BCUT2D eigenvalue weighted by Crippen LogP contribution is -2.40. The van der Waals surface area contributed by atoms with Crippen molar-refractivity contribution in [1.82, 2.24) is 15.5 Å². The first kappa shape index (κ1) is 17.8. The standard InChI is InChI=1S/C20H19N3O5/c24-18-10-22-20(26)23(18)11-13-4-3-5-14(8-13)19(25)21-9-15-12-27-16-6-1-2-7-17(16)28-15/h1-8,15H,9-12H2,(H,21,25)(H,22,26)/t15-/m0/s1. The lowest BCUT2D eigenvalue weighted by Gasteiger charge is -2.26. The van der Waals surface area contributed by atoms with Gasteiger partial charge in [0.25, 0.3) is 5.91 Å². The van der Waals surface area contributed by atoms with Crippen LogP contribution in [0.15, 0.2) is 48.5 Å². The summed E-state index contributed by atoms with van der Waals surface area (Å²) >= 11 is 0. The van der Waals surface area contributed by atoms with Gasteiger partial charge in [0.2, 0.25) is 5.91 Å². The van der Waals surface area contributed by atoms with Crippen LogP contribution in [0.2, 0.25) is 0 Å². The van der Waals surface area contributed by atoms with Crippen molar-refractivity contribution < 1.29 is 23.9 Å². The third kappa shape index (κ3) is 3.75. The molecule has 2 aliphatic rings. The third-order valence-electron chi connectivity index (χ3n) is 4.52. The van der Waals surface area contributed by atoms with Gasteiger partial charge in [0.1, 0.15) is 12.7 Å². The van der Waals surface area contributed by atoms with E-state index in [2.05, 4.69) is 10.6 Å². The zero-order valence-corrected chi connectivity index (χ0v) is 15.0. The minimum absolute atomic E-state index is 0.00555. The number of imide groups is 1. The summed E-state index contributed by atoms with van der Waals surface area (Å²) in [6.45, 7) is 0.779. The number of amides is 4. The molecule has 0 spiro atoms. The molecule has 8 heteroatoms. The number of fused-ring (bicyclic) bond motifs is 1. The summed E-state index contributed by atoms with van der Waals surface area (Å²) in [4.78, 5) is 37.0. The van der Waals surface area contributed by atoms with Crippen molar-refractivity contribution in [1.29, 1.82) is 0 Å². The second-order valence-corrected chi connectivity index (χ2v) is 6.55. The lowest BCUT2D eigenvalue weighted by molar-refractivity contribution is -0.125. The smallest absolute Gasteiger partial charge is 0.324 e. The van der Waals surface area contributed by atoms with Gasteiger partial charge < -0.3 is 20.1 Å². The van der Waals surface area contributed by atoms with Crippen molar-refractivity contribution in [2.24, 2.45) is 0 Å². The van der Waals surface area contributed by atoms with Gasteiger partial charge in [-0.05, 0) is 29.8 Å². The second kappa shape index (κ2) is 7.59. The molecule has 1 fully saturated rings. The molecule has 2 aromatic rings. The molecule has 28 heavy (non-hydrogen) atoms. The molecule has 0 unspecified atom stereocenters. The van der Waals surface area contributed by atoms with Crippen molar-refractivity contribution in [3.63, 3.8) is 0 Å². The molecule has 2 N–H and O–H groups in total. The Morgan fingerprint density at radius 3 is 2.75 bits per heavy atom. The Kier molecular flexibility index (Phi) is 4.84. The largest absolute Gasteiger partial charge is 0.486 e. The highest BCUT2D eigenvalue weighted by molar-refractivity contribution is 6.02. The Morgan fingerprint density at radius 2 is 1.96 bits per heavy atom. The van der Waals surface area contributed by atoms with Crippen LogP contribution in [-0.4, -0.2) is 48.5 Å². The molecule has 1 atom stereocenters. The van der Waals surface area contributed by atoms with Crippen LogP contribution in [0.3, 0.4) is 0 Å². The minimum atomic E-state index is -0.422. The Hall–Kier alpha value is -3.55. The predicted octanol–water partition coefficient (Wildman–Crippen LogP) is 1.31. The molecule has 8 nitrogen and oxygen atoms in total. The zero-order valence-electron chi connectivity index (χ0n) is 15.0. The molecule has 4 rings (SSSR count). The van der Waals surface area contributed by atoms with Gasteiger partial charge in [0.15, 0.2) is 11.5 Å². The average molecular weight is 381 g/mol. The number of nitrogens with one attached hydrogen (secondary N) is 2. The first-order chi connectivity index (χ1) is 13.6. The van der Waals surface area contributed by atoms with Gasteiger partial charge in [-0.3, -0.25) is 14.5 Å². The maximum Gasteiger partial charge on any atom is 0.324 e. The van der Waals surface area contributed by atoms with E-state index in [-0.39, 0.29) is 31.0 Å². The Balaban J connectivity index is 1.35. The van der Waals surface area contributed by atoms with Crippen LogP contribution in [-0.2, 0) is 11.3 Å². The van der Waals surface area contributed by atoms with E-state index in [0.29, 0.717) is 35.8 Å². The third-order valence-corrected chi connectivity index (χ3v) is 4.52. The fourth-order valence-corrected chi connectivity index (χ4v) is 3.08. The van der Waals surface area contributed by atoms with E-state index in [1.807, 2.05) is 24.3 Å². The van der Waals surface area contributed by atoms with E-state index >= 15 is 0 Å². The fourth-order valence-electron chi connectivity index (χ4n) is 3.08. The van der Waals surface area contributed by atoms with E-state index in [1.165, 1.54) is 0 Å². The maximum absolute atomic E-state index is 12.5. The summed E-state index contributed by atoms with van der Waals surface area (Å²) in [5.41, 5.74) is 1.14. The number of hydrogen-bond donors (Lipinski definition) is 2. The molecule has 0 saturated carbocycles. The number of benzene rings is 2. The normalized spacial score (nSPS) is 18.0. The quantitative estimate of drug-likeness (QED) is 0.761. The summed E-state index contributed by atoms with van der Waals surface area (Å²) in [7, 11) is 0. The van der Waals surface area contributed by atoms with Gasteiger partial charge in [0.05, 0.1) is 19.6 Å². The van der Waals surface area contributed by atoms with Crippen LogP contribution in [0, 0.1) is 0 Å². The van der Waals surface area contributed by atoms with Crippen molar-refractivity contribution >= 4 is 17.8 Å². The van der Waals surface area contributed by atoms with E-state index < -0.39 is 6.03 Å². The Bertz CT molecular complexity index is 914. The monoisotopic (exact) mass is 381 g/mol. The molecule has 0 aromatic heterocycles. The Labute approximate surface area is 161 Å². The van der Waals surface area contributed by atoms with E-state index in [4.69, 9.17) is 9.47 Å². The highest BCUT2D eigenvalue weighted by Gasteiger charge is 2.28. The molecule has 0 aliphatic carbocycles. The number of nitrogens with zero attached hydrogens (tertiary/aromatic N) is 1. The van der Waals surface area contributed by atoms with Crippen LogP contribution in [0.5, 0.6) is 11.5 Å². The number of carbonyl (C=O) groups excluding carboxylic acids is 3. The number of rotatable bonds is 5. The van der Waals surface area contributed by atoms with Gasteiger partial charge in [-0.2, -0.15) is 0 Å². The first-order valence-electron chi connectivity index (χ1n) is 8.94. The van der Waals surface area contributed by atoms with Gasteiger partial charge >= 0.3 is 6.03 Å². The molecule has 0 radical (unpaired) electrons. The molecular weight excluding hydrogens is 362 g/mol. The number of urea groups is 1. The molecular formula is C20H19N3O5. The number of ether oxygens (including phenoxy) is 2. The van der Waals surface area contributed by atoms with Crippen molar-refractivity contribution in [2.75, 3.05) is 19.7 Å². The zero-order chi connectivity index (χ0) is 19.5. The van der Waals surface area contributed by atoms with E-state index in [9.17, 15) is 14.4 Å². The summed E-state index contributed by atoms with van der Waals surface area (Å²) in [6.07, 6.45) is -0.284. The molecule has 2 heterocycles. The summed E-state index contributed by atoms with van der Waals surface area (Å²) in [5, 5.41) is 5.31. The number of hydrogen-bond acceptors (Lipinski definition) is 5. The highest BCUT2D eigenvalue weighted by atomic mass is 16.6. The molecule has 1 saturated heterocycles. The van der Waals surface area contributed by atoms with Crippen LogP contribution in [0.25, 0.3) is 0 Å². The van der Waals surface area contributed by atoms with Gasteiger partial charge in [-0.25, -0.2) is 4.79 Å². The molecule has 4 amide bonds. The van der Waals surface area contributed by atoms with Crippen LogP contribution in [0.4, 0.5) is 4.79 Å². The van der Waals surface area contributed by atoms with Gasteiger partial charge in [-0.15, -0.1) is 0 Å². The first-order valence-corrected chi connectivity index (χ1v) is 8.94. The minimum Gasteiger partial charge on any atom is -0.486 e. The van der Waals surface area contributed by atoms with E-state index in [1.54, 1.807) is 24.3 Å². The van der Waals surface area contributed by atoms with E-state index in [0.717, 1.165) is 4.90 Å². The maximum atomic E-state index is 12.5. The Morgan fingerprint density at radius 1 is 1.14 bits per heavy atom. The molecule has 2 aromatic carbocycles. The van der Waals surface area contributed by atoms with Crippen LogP contribution < -0.4 is 20.1 Å². The van der Waals surface area contributed by atoms with Crippen molar-refractivity contribution in [3.8, 4) is 11.5 Å². The van der Waals surface area contributed by atoms with Crippen molar-refractivity contribution in [3.05, 3.63) is 59.7 Å². The summed E-state index contributed by atoms with van der Waals surface area (Å²) in [5.74, 6) is 0.804. The molecule has 2 aliphatic heterocycles. The summed E-state index contributed by atoms with van der Waals surface area (Å²) < 4.78 is 11.5. The highest BCUT2D eigenvalue weighted by Crippen LogP contribution is 2.30. The van der Waals surface area contributed by atoms with Gasteiger partial charge in [-0.1, -0.05) is 24.3 Å². The molecule has 0 bridgehead atoms.